The first-order valence-corrected chi connectivity index (χ1v) is 5.14. The molecule has 0 saturated heterocycles. The number of likely N-dealkylation sites (N-methyl/N-ethyl adjacent to an activating group) is 1. The summed E-state index contributed by atoms with van der Waals surface area (Å²) >= 11 is 5.91. The number of rotatable bonds is 3. The lowest BCUT2D eigenvalue weighted by molar-refractivity contribution is -0.155. The molecule has 0 saturated carbocycles. The van der Waals surface area contributed by atoms with Crippen molar-refractivity contribution < 1.29 is 19.4 Å². The fourth-order valence-electron chi connectivity index (χ4n) is 1.32. The van der Waals surface area contributed by atoms with Crippen LogP contribution in [0.5, 0.6) is 5.75 Å². The lowest BCUT2D eigenvalue weighted by atomic mass is 10.2. The highest BCUT2D eigenvalue weighted by molar-refractivity contribution is 6.32. The van der Waals surface area contributed by atoms with Crippen molar-refractivity contribution in [1.82, 2.24) is 4.90 Å². The van der Waals surface area contributed by atoms with Gasteiger partial charge < -0.3 is 14.7 Å². The zero-order valence-electron chi connectivity index (χ0n) is 9.44. The molecule has 1 N–H and O–H groups in total. The molecule has 0 heterocycles. The van der Waals surface area contributed by atoms with Gasteiger partial charge in [0.05, 0.1) is 12.1 Å². The number of halogens is 1. The Morgan fingerprint density at radius 3 is 2.59 bits per heavy atom. The minimum absolute atomic E-state index is 0.175. The Hall–Kier alpha value is -1.75. The highest BCUT2D eigenvalue weighted by atomic mass is 35.5. The van der Waals surface area contributed by atoms with Crippen molar-refractivity contribution in [3.05, 3.63) is 28.8 Å². The molecule has 17 heavy (non-hydrogen) atoms. The average molecular weight is 258 g/mol. The van der Waals surface area contributed by atoms with Crippen LogP contribution in [0.4, 0.5) is 0 Å². The second-order valence-electron chi connectivity index (χ2n) is 3.44. The molecule has 0 aliphatic carbocycles. The predicted octanol–water partition coefficient (Wildman–Crippen LogP) is 1.39. The molecule has 0 aromatic heterocycles. The van der Waals surface area contributed by atoms with Crippen molar-refractivity contribution in [3.8, 4) is 5.75 Å². The fourth-order valence-corrected chi connectivity index (χ4v) is 1.60. The van der Waals surface area contributed by atoms with Gasteiger partial charge in [-0.2, -0.15) is 0 Å². The van der Waals surface area contributed by atoms with Crippen LogP contribution < -0.4 is 4.74 Å². The van der Waals surface area contributed by atoms with Crippen LogP contribution in [0.2, 0.25) is 5.02 Å². The number of ether oxygens (including phenoxy) is 1. The number of carbonyl (C=O) groups is 2. The summed E-state index contributed by atoms with van der Waals surface area (Å²) in [5, 5.41) is 8.95. The van der Waals surface area contributed by atoms with Gasteiger partial charge in [-0.05, 0) is 17.7 Å². The normalized spacial score (nSPS) is 9.82. The van der Waals surface area contributed by atoms with Gasteiger partial charge >= 0.3 is 11.9 Å². The average Bonchev–Trinajstić information content (AvgIpc) is 2.28. The van der Waals surface area contributed by atoms with Crippen molar-refractivity contribution in [1.29, 1.82) is 0 Å². The number of methoxy groups -OCH3 is 1. The maximum Gasteiger partial charge on any atom is 0.394 e. The van der Waals surface area contributed by atoms with Crippen LogP contribution in [0.25, 0.3) is 0 Å². The Morgan fingerprint density at radius 2 is 2.12 bits per heavy atom. The van der Waals surface area contributed by atoms with Gasteiger partial charge in [0.25, 0.3) is 0 Å². The molecular formula is C11H12ClNO4. The second-order valence-corrected chi connectivity index (χ2v) is 3.84. The summed E-state index contributed by atoms with van der Waals surface area (Å²) in [5.74, 6) is -1.91. The van der Waals surface area contributed by atoms with Crippen molar-refractivity contribution in [2.45, 2.75) is 6.54 Å². The number of hydrogen-bond donors (Lipinski definition) is 1. The fraction of sp³-hybridized carbons (Fsp3) is 0.273. The van der Waals surface area contributed by atoms with E-state index < -0.39 is 11.9 Å². The first-order valence-electron chi connectivity index (χ1n) is 4.76. The standard InChI is InChI=1S/C11H12ClNO4/c1-13(10(14)11(15)16)6-7-3-4-9(17-2)8(12)5-7/h3-5H,6H2,1-2H3,(H,15,16). The molecule has 0 radical (unpaired) electrons. The smallest absolute Gasteiger partial charge is 0.394 e. The Balaban J connectivity index is 2.79. The Morgan fingerprint density at radius 1 is 1.47 bits per heavy atom. The largest absolute Gasteiger partial charge is 0.495 e. The van der Waals surface area contributed by atoms with Gasteiger partial charge in [0.2, 0.25) is 0 Å². The zero-order chi connectivity index (χ0) is 13.0. The summed E-state index contributed by atoms with van der Waals surface area (Å²) in [7, 11) is 2.91. The van der Waals surface area contributed by atoms with Crippen LogP contribution in [0.3, 0.4) is 0 Å². The van der Waals surface area contributed by atoms with E-state index in [1.165, 1.54) is 14.2 Å². The van der Waals surface area contributed by atoms with Crippen LogP contribution in [-0.2, 0) is 16.1 Å². The van der Waals surface area contributed by atoms with E-state index in [0.717, 1.165) is 10.5 Å². The van der Waals surface area contributed by atoms with Gasteiger partial charge in [-0.25, -0.2) is 4.79 Å². The maximum absolute atomic E-state index is 11.1. The summed E-state index contributed by atoms with van der Waals surface area (Å²) in [6.07, 6.45) is 0. The monoisotopic (exact) mass is 257 g/mol. The number of carbonyl (C=O) groups excluding carboxylic acids is 1. The third kappa shape index (κ3) is 3.35. The Kier molecular flexibility index (Phi) is 4.34. The molecule has 1 aromatic carbocycles. The Labute approximate surface area is 104 Å². The second kappa shape index (κ2) is 5.54. The molecule has 0 spiro atoms. The lowest BCUT2D eigenvalue weighted by Gasteiger charge is -2.15. The first kappa shape index (κ1) is 13.3. The molecule has 92 valence electrons. The van der Waals surface area contributed by atoms with E-state index in [1.54, 1.807) is 18.2 Å². The maximum atomic E-state index is 11.1. The van der Waals surface area contributed by atoms with E-state index in [2.05, 4.69) is 0 Å². The van der Waals surface area contributed by atoms with Crippen molar-refractivity contribution in [2.75, 3.05) is 14.2 Å². The van der Waals surface area contributed by atoms with E-state index in [-0.39, 0.29) is 6.54 Å². The molecule has 6 heteroatoms. The van der Waals surface area contributed by atoms with E-state index in [1.807, 2.05) is 0 Å². The van der Waals surface area contributed by atoms with E-state index in [9.17, 15) is 9.59 Å². The summed E-state index contributed by atoms with van der Waals surface area (Å²) in [6.45, 7) is 0.175. The predicted molar refractivity (Wildman–Crippen MR) is 62.1 cm³/mol. The van der Waals surface area contributed by atoms with E-state index in [0.29, 0.717) is 10.8 Å². The van der Waals surface area contributed by atoms with Gasteiger partial charge in [0.15, 0.2) is 0 Å². The summed E-state index contributed by atoms with van der Waals surface area (Å²) < 4.78 is 4.98. The molecule has 1 amide bonds. The van der Waals surface area contributed by atoms with Gasteiger partial charge in [0.1, 0.15) is 5.75 Å². The van der Waals surface area contributed by atoms with Gasteiger partial charge in [-0.15, -0.1) is 0 Å². The first-order chi connectivity index (χ1) is 7.95. The third-order valence-corrected chi connectivity index (χ3v) is 2.46. The molecule has 0 unspecified atom stereocenters. The van der Waals surface area contributed by atoms with Crippen LogP contribution in [0, 0.1) is 0 Å². The van der Waals surface area contributed by atoms with Crippen LogP contribution >= 0.6 is 11.6 Å². The van der Waals surface area contributed by atoms with Crippen LogP contribution in [0.15, 0.2) is 18.2 Å². The minimum atomic E-state index is -1.48. The zero-order valence-corrected chi connectivity index (χ0v) is 10.2. The third-order valence-electron chi connectivity index (χ3n) is 2.17. The SMILES string of the molecule is COc1ccc(CN(C)C(=O)C(=O)O)cc1Cl. The Bertz CT molecular complexity index is 447. The number of amides is 1. The topological polar surface area (TPSA) is 66.8 Å². The molecule has 0 aliphatic heterocycles. The summed E-state index contributed by atoms with van der Waals surface area (Å²) in [6, 6.07) is 5.01. The lowest BCUT2D eigenvalue weighted by Crippen LogP contribution is -2.32. The van der Waals surface area contributed by atoms with E-state index in [4.69, 9.17) is 21.4 Å². The molecule has 0 atom stereocenters. The van der Waals surface area contributed by atoms with Gasteiger partial charge in [0, 0.05) is 13.6 Å². The number of hydrogen-bond acceptors (Lipinski definition) is 3. The molecular weight excluding hydrogens is 246 g/mol. The summed E-state index contributed by atoms with van der Waals surface area (Å²) in [5.41, 5.74) is 0.730. The molecule has 5 nitrogen and oxygen atoms in total. The number of nitrogens with zero attached hydrogens (tertiary/aromatic N) is 1. The molecule has 0 aliphatic rings. The number of benzene rings is 1. The van der Waals surface area contributed by atoms with Crippen molar-refractivity contribution in [2.24, 2.45) is 0 Å². The number of carboxylic acid groups (broad SMARTS) is 1. The van der Waals surface area contributed by atoms with Crippen molar-refractivity contribution in [3.63, 3.8) is 0 Å². The van der Waals surface area contributed by atoms with Crippen LogP contribution in [-0.4, -0.2) is 36.0 Å². The molecule has 0 bridgehead atoms. The molecule has 1 rings (SSSR count). The summed E-state index contributed by atoms with van der Waals surface area (Å²) in [4.78, 5) is 22.7. The number of aliphatic carboxylic acids is 1. The molecule has 0 fully saturated rings. The highest BCUT2D eigenvalue weighted by Crippen LogP contribution is 2.25. The van der Waals surface area contributed by atoms with Gasteiger partial charge in [-0.1, -0.05) is 17.7 Å². The highest BCUT2D eigenvalue weighted by Gasteiger charge is 2.17. The minimum Gasteiger partial charge on any atom is -0.495 e. The van der Waals surface area contributed by atoms with Gasteiger partial charge in [-0.3, -0.25) is 4.79 Å². The van der Waals surface area contributed by atoms with Crippen molar-refractivity contribution >= 4 is 23.5 Å². The molecule has 1 aromatic rings. The number of carboxylic acids is 1. The quantitative estimate of drug-likeness (QED) is 0.831. The van der Waals surface area contributed by atoms with Crippen LogP contribution in [0.1, 0.15) is 5.56 Å². The van der Waals surface area contributed by atoms with E-state index >= 15 is 0 Å².